The van der Waals surface area contributed by atoms with E-state index in [1.165, 1.54) is 22.9 Å². The van der Waals surface area contributed by atoms with E-state index in [1.54, 1.807) is 0 Å². The van der Waals surface area contributed by atoms with Gasteiger partial charge in [-0.25, -0.2) is 0 Å². The van der Waals surface area contributed by atoms with Crippen LogP contribution in [0.15, 0.2) is 59.5 Å². The van der Waals surface area contributed by atoms with Gasteiger partial charge in [-0.3, -0.25) is 9.69 Å². The van der Waals surface area contributed by atoms with E-state index < -0.39 is 0 Å². The first-order valence-electron chi connectivity index (χ1n) is 9.83. The van der Waals surface area contributed by atoms with Gasteiger partial charge in [-0.05, 0) is 50.6 Å². The van der Waals surface area contributed by atoms with Gasteiger partial charge in [-0.2, -0.15) is 0 Å². The maximum atomic E-state index is 11.9. The van der Waals surface area contributed by atoms with Gasteiger partial charge in [0.05, 0.1) is 6.04 Å². The number of likely N-dealkylation sites (N-methyl/N-ethyl adjacent to an activating group) is 1. The van der Waals surface area contributed by atoms with E-state index in [4.69, 9.17) is 4.74 Å². The van der Waals surface area contributed by atoms with Crippen molar-refractivity contribution in [3.63, 3.8) is 0 Å². The van der Waals surface area contributed by atoms with E-state index in [0.29, 0.717) is 11.3 Å². The second-order valence-electron chi connectivity index (χ2n) is 7.95. The average Bonchev–Trinajstić information content (AvgIpc) is 2.86. The van der Waals surface area contributed by atoms with Crippen molar-refractivity contribution in [2.45, 2.75) is 55.5 Å². The fourth-order valence-electron chi connectivity index (χ4n) is 4.31. The van der Waals surface area contributed by atoms with E-state index in [9.17, 15) is 4.79 Å². The molecule has 2 aromatic rings. The molecule has 3 nitrogen and oxygen atoms in total. The number of nitrogens with zero attached hydrogens (tertiary/aromatic N) is 1. The van der Waals surface area contributed by atoms with Crippen molar-refractivity contribution in [3.8, 4) is 0 Å². The first kappa shape index (κ1) is 19.3. The summed E-state index contributed by atoms with van der Waals surface area (Å²) in [5.74, 6) is -0.218. The molecule has 2 bridgehead atoms. The van der Waals surface area contributed by atoms with Crippen LogP contribution in [0.25, 0.3) is 5.57 Å². The molecule has 28 heavy (non-hydrogen) atoms. The Hall–Kier alpha value is -2.04. The van der Waals surface area contributed by atoms with Crippen LogP contribution in [0.4, 0.5) is 0 Å². The van der Waals surface area contributed by atoms with Crippen LogP contribution in [-0.2, 0) is 9.53 Å². The number of benzene rings is 2. The van der Waals surface area contributed by atoms with Gasteiger partial charge in [-0.15, -0.1) is 11.8 Å². The average molecular weight is 394 g/mol. The molecule has 2 heterocycles. The minimum absolute atomic E-state index is 0.207. The fourth-order valence-corrected chi connectivity index (χ4v) is 5.66. The standard InChI is InChI=1S/C24H27NO2S/c1-15-5-9-18(10-6-15)20-13-21-23(28-19-11-7-16(2)8-12-19)14-22(25(21)4)24(20)27-17(3)26/h5-13,21-24H,14H2,1-4H3/t21-,22-,23+,24-/m0/s1. The lowest BCUT2D eigenvalue weighted by molar-refractivity contribution is -0.146. The van der Waals surface area contributed by atoms with Gasteiger partial charge in [0.15, 0.2) is 0 Å². The highest BCUT2D eigenvalue weighted by Gasteiger charge is 2.48. The third-order valence-electron chi connectivity index (χ3n) is 5.84. The predicted octanol–water partition coefficient (Wildman–Crippen LogP) is 4.87. The molecule has 0 spiro atoms. The predicted molar refractivity (Wildman–Crippen MR) is 115 cm³/mol. The van der Waals surface area contributed by atoms with Crippen molar-refractivity contribution in [1.82, 2.24) is 4.90 Å². The quantitative estimate of drug-likeness (QED) is 0.694. The SMILES string of the molecule is CC(=O)O[C@H]1C(c2ccc(C)cc2)=C[C@H]2[C@H](Sc3ccc(C)cc3)C[C@@H]1N2C. The summed E-state index contributed by atoms with van der Waals surface area (Å²) in [7, 11) is 2.16. The third kappa shape index (κ3) is 3.76. The van der Waals surface area contributed by atoms with Crippen LogP contribution in [-0.4, -0.2) is 41.4 Å². The third-order valence-corrected chi connectivity index (χ3v) is 7.16. The van der Waals surface area contributed by atoms with E-state index >= 15 is 0 Å². The van der Waals surface area contributed by atoms with Crippen LogP contribution in [0, 0.1) is 13.8 Å². The fraction of sp³-hybridized carbons (Fsp3) is 0.375. The second kappa shape index (κ2) is 7.76. The smallest absolute Gasteiger partial charge is 0.303 e. The molecule has 0 N–H and O–H groups in total. The number of aryl methyl sites for hydroxylation is 2. The summed E-state index contributed by atoms with van der Waals surface area (Å²) < 4.78 is 5.85. The lowest BCUT2D eigenvalue weighted by atomic mass is 9.91. The molecule has 2 aromatic carbocycles. The normalized spacial score (nSPS) is 26.8. The molecule has 4 atom stereocenters. The highest BCUT2D eigenvalue weighted by Crippen LogP contribution is 2.45. The first-order valence-corrected chi connectivity index (χ1v) is 10.7. The summed E-state index contributed by atoms with van der Waals surface area (Å²) in [4.78, 5) is 15.5. The van der Waals surface area contributed by atoms with Gasteiger partial charge >= 0.3 is 5.97 Å². The number of fused-ring (bicyclic) bond motifs is 2. The Bertz CT molecular complexity index is 888. The largest absolute Gasteiger partial charge is 0.456 e. The number of esters is 1. The molecule has 0 aliphatic carbocycles. The minimum Gasteiger partial charge on any atom is -0.456 e. The van der Waals surface area contributed by atoms with Gasteiger partial charge in [0.2, 0.25) is 0 Å². The molecule has 2 aliphatic rings. The summed E-state index contributed by atoms with van der Waals surface area (Å²) in [5, 5.41) is 0.443. The van der Waals surface area contributed by atoms with Crippen LogP contribution in [0.2, 0.25) is 0 Å². The van der Waals surface area contributed by atoms with Crippen molar-refractivity contribution in [1.29, 1.82) is 0 Å². The van der Waals surface area contributed by atoms with Crippen LogP contribution in [0.1, 0.15) is 30.0 Å². The highest BCUT2D eigenvalue weighted by molar-refractivity contribution is 8.00. The number of ether oxygens (including phenoxy) is 1. The summed E-state index contributed by atoms with van der Waals surface area (Å²) >= 11 is 1.93. The number of hydrogen-bond donors (Lipinski definition) is 0. The number of hydrogen-bond acceptors (Lipinski definition) is 4. The lowest BCUT2D eigenvalue weighted by Crippen LogP contribution is -2.46. The molecule has 2 aliphatic heterocycles. The summed E-state index contributed by atoms with van der Waals surface area (Å²) in [5.41, 5.74) is 4.82. The van der Waals surface area contributed by atoms with Gasteiger partial charge in [-0.1, -0.05) is 53.6 Å². The first-order chi connectivity index (χ1) is 13.4. The van der Waals surface area contributed by atoms with Gasteiger partial charge in [0.1, 0.15) is 6.10 Å². The van der Waals surface area contributed by atoms with Gasteiger partial charge in [0, 0.05) is 23.1 Å². The molecule has 0 unspecified atom stereocenters. The molecule has 146 valence electrons. The maximum Gasteiger partial charge on any atom is 0.303 e. The number of carbonyl (C=O) groups excluding carboxylic acids is 1. The Balaban J connectivity index is 1.66. The Morgan fingerprint density at radius 2 is 1.64 bits per heavy atom. The van der Waals surface area contributed by atoms with Crippen molar-refractivity contribution in [2.75, 3.05) is 7.05 Å². The second-order valence-corrected chi connectivity index (χ2v) is 9.26. The molecule has 0 radical (unpaired) electrons. The zero-order valence-electron chi connectivity index (χ0n) is 16.9. The topological polar surface area (TPSA) is 29.5 Å². The number of carbonyl (C=O) groups is 1. The van der Waals surface area contributed by atoms with Crippen LogP contribution in [0.5, 0.6) is 0 Å². The Morgan fingerprint density at radius 1 is 1.04 bits per heavy atom. The monoisotopic (exact) mass is 393 g/mol. The highest BCUT2D eigenvalue weighted by atomic mass is 32.2. The summed E-state index contributed by atoms with van der Waals surface area (Å²) in [6, 6.07) is 17.8. The van der Waals surface area contributed by atoms with E-state index in [-0.39, 0.29) is 18.1 Å². The molecule has 1 fully saturated rings. The Kier molecular flexibility index (Phi) is 5.35. The molecular formula is C24H27NO2S. The van der Waals surface area contributed by atoms with Crippen molar-refractivity contribution in [3.05, 3.63) is 71.3 Å². The zero-order chi connectivity index (χ0) is 19.8. The molecule has 0 amide bonds. The lowest BCUT2D eigenvalue weighted by Gasteiger charge is -2.37. The molecule has 1 saturated heterocycles. The summed E-state index contributed by atoms with van der Waals surface area (Å²) in [6.07, 6.45) is 3.11. The van der Waals surface area contributed by atoms with Crippen LogP contribution in [0.3, 0.4) is 0 Å². The Labute approximate surface area is 171 Å². The van der Waals surface area contributed by atoms with Crippen molar-refractivity contribution >= 4 is 23.3 Å². The van der Waals surface area contributed by atoms with Crippen molar-refractivity contribution in [2.24, 2.45) is 0 Å². The van der Waals surface area contributed by atoms with E-state index in [2.05, 4.69) is 80.4 Å². The molecule has 0 saturated carbocycles. The van der Waals surface area contributed by atoms with Gasteiger partial charge < -0.3 is 4.74 Å². The Morgan fingerprint density at radius 3 is 2.25 bits per heavy atom. The number of rotatable bonds is 4. The van der Waals surface area contributed by atoms with Gasteiger partial charge in [0.25, 0.3) is 0 Å². The van der Waals surface area contributed by atoms with Crippen LogP contribution >= 0.6 is 11.8 Å². The molecule has 4 heteroatoms. The molecule has 4 rings (SSSR count). The molecular weight excluding hydrogens is 366 g/mol. The van der Waals surface area contributed by atoms with E-state index in [0.717, 1.165) is 17.6 Å². The maximum absolute atomic E-state index is 11.9. The number of thioether (sulfide) groups is 1. The minimum atomic E-state index is -0.218. The van der Waals surface area contributed by atoms with Crippen LogP contribution < -0.4 is 0 Å². The molecule has 0 aromatic heterocycles. The van der Waals surface area contributed by atoms with E-state index in [1.807, 2.05) is 11.8 Å². The summed E-state index contributed by atoms with van der Waals surface area (Å²) in [6.45, 7) is 5.71. The van der Waals surface area contributed by atoms with Crippen molar-refractivity contribution < 1.29 is 9.53 Å². The zero-order valence-corrected chi connectivity index (χ0v) is 17.7.